The molecule has 2 atom stereocenters. The van der Waals surface area contributed by atoms with Crippen LogP contribution in [0.2, 0.25) is 0 Å². The third-order valence-electron chi connectivity index (χ3n) is 3.29. The number of rotatable bonds is 4. The van der Waals surface area contributed by atoms with E-state index in [1.165, 1.54) is 0 Å². The van der Waals surface area contributed by atoms with Gasteiger partial charge in [-0.3, -0.25) is 9.59 Å². The fourth-order valence-corrected chi connectivity index (χ4v) is 3.43. The van der Waals surface area contributed by atoms with E-state index < -0.39 is 10.0 Å². The highest BCUT2D eigenvalue weighted by Gasteiger charge is 2.34. The first-order chi connectivity index (χ1) is 8.33. The molecule has 2 aliphatic rings. The van der Waals surface area contributed by atoms with Gasteiger partial charge in [-0.2, -0.15) is 0 Å². The molecule has 18 heavy (non-hydrogen) atoms. The van der Waals surface area contributed by atoms with Crippen LogP contribution in [-0.4, -0.2) is 50.0 Å². The maximum absolute atomic E-state index is 11.7. The molecule has 2 amide bonds. The van der Waals surface area contributed by atoms with Gasteiger partial charge in [0, 0.05) is 37.9 Å². The van der Waals surface area contributed by atoms with Crippen LogP contribution in [0.3, 0.4) is 0 Å². The van der Waals surface area contributed by atoms with Gasteiger partial charge in [0.1, 0.15) is 0 Å². The summed E-state index contributed by atoms with van der Waals surface area (Å²) in [5, 5.41) is 7.76. The molecule has 2 fully saturated rings. The quantitative estimate of drug-likeness (QED) is 0.644. The van der Waals surface area contributed by atoms with Crippen molar-refractivity contribution in [2.45, 2.75) is 25.3 Å². The van der Waals surface area contributed by atoms with Crippen LogP contribution >= 0.6 is 0 Å². The number of nitrogens with zero attached hydrogens (tertiary/aromatic N) is 1. The van der Waals surface area contributed by atoms with Crippen molar-refractivity contribution in [3.8, 4) is 0 Å². The summed E-state index contributed by atoms with van der Waals surface area (Å²) in [6.45, 7) is 0.868. The topological polar surface area (TPSA) is 110 Å². The molecule has 2 aliphatic heterocycles. The number of nitrogens with one attached hydrogen (secondary N) is 1. The summed E-state index contributed by atoms with van der Waals surface area (Å²) in [7, 11) is -3.54. The van der Waals surface area contributed by atoms with Crippen LogP contribution in [0.25, 0.3) is 0 Å². The van der Waals surface area contributed by atoms with Gasteiger partial charge in [-0.25, -0.2) is 13.6 Å². The second-order valence-electron chi connectivity index (χ2n) is 5.00. The predicted octanol–water partition coefficient (Wildman–Crippen LogP) is -1.60. The molecule has 2 rings (SSSR count). The van der Waals surface area contributed by atoms with Crippen molar-refractivity contribution in [1.29, 1.82) is 0 Å². The van der Waals surface area contributed by atoms with Crippen molar-refractivity contribution in [2.24, 2.45) is 11.1 Å². The van der Waals surface area contributed by atoms with E-state index in [0.717, 1.165) is 6.42 Å². The van der Waals surface area contributed by atoms with Crippen LogP contribution in [0.1, 0.15) is 19.3 Å². The molecule has 0 bridgehead atoms. The molecular weight excluding hydrogens is 258 g/mol. The molecule has 2 heterocycles. The van der Waals surface area contributed by atoms with Crippen LogP contribution in [-0.2, 0) is 19.6 Å². The molecule has 0 radical (unpaired) electrons. The SMILES string of the molecule is NS(=O)(=O)CC1CC(=O)N(C[C@H]2CCC(=O)N2)C1. The summed E-state index contributed by atoms with van der Waals surface area (Å²) in [5.41, 5.74) is 0. The molecule has 3 N–H and O–H groups in total. The lowest BCUT2D eigenvalue weighted by molar-refractivity contribution is -0.128. The van der Waals surface area contributed by atoms with E-state index in [1.807, 2.05) is 0 Å². The van der Waals surface area contributed by atoms with Crippen LogP contribution in [0, 0.1) is 5.92 Å². The van der Waals surface area contributed by atoms with Crippen LogP contribution < -0.4 is 10.5 Å². The standard InChI is InChI=1S/C10H17N3O4S/c11-18(16,17)6-7-3-10(15)13(4-7)5-8-1-2-9(14)12-8/h7-8H,1-6H2,(H,12,14)(H2,11,16,17)/t7?,8-/m1/s1. The lowest BCUT2D eigenvalue weighted by Gasteiger charge is -2.20. The van der Waals surface area contributed by atoms with Gasteiger partial charge in [-0.15, -0.1) is 0 Å². The zero-order chi connectivity index (χ0) is 13.3. The van der Waals surface area contributed by atoms with Crippen LogP contribution in [0.15, 0.2) is 0 Å². The van der Waals surface area contributed by atoms with Crippen molar-refractivity contribution in [3.05, 3.63) is 0 Å². The number of carbonyl (C=O) groups excluding carboxylic acids is 2. The van der Waals surface area contributed by atoms with Gasteiger partial charge in [0.15, 0.2) is 0 Å². The fourth-order valence-electron chi connectivity index (χ4n) is 2.55. The Labute approximate surface area is 106 Å². The van der Waals surface area contributed by atoms with Crippen LogP contribution in [0.5, 0.6) is 0 Å². The summed E-state index contributed by atoms with van der Waals surface area (Å²) in [5.74, 6) is -0.450. The van der Waals surface area contributed by atoms with E-state index >= 15 is 0 Å². The maximum atomic E-state index is 11.7. The second kappa shape index (κ2) is 4.85. The number of sulfonamides is 1. The maximum Gasteiger partial charge on any atom is 0.223 e. The van der Waals surface area contributed by atoms with Crippen molar-refractivity contribution in [2.75, 3.05) is 18.8 Å². The molecule has 8 heteroatoms. The Balaban J connectivity index is 1.87. The Morgan fingerprint density at radius 3 is 2.67 bits per heavy atom. The summed E-state index contributed by atoms with van der Waals surface area (Å²) in [6.07, 6.45) is 1.44. The Kier molecular flexibility index (Phi) is 3.58. The summed E-state index contributed by atoms with van der Waals surface area (Å²) in [4.78, 5) is 24.4. The molecule has 0 saturated carbocycles. The monoisotopic (exact) mass is 275 g/mol. The lowest BCUT2D eigenvalue weighted by Crippen LogP contribution is -2.39. The fraction of sp³-hybridized carbons (Fsp3) is 0.800. The third kappa shape index (κ3) is 3.42. The molecule has 102 valence electrons. The molecule has 0 aliphatic carbocycles. The van der Waals surface area contributed by atoms with Crippen LogP contribution in [0.4, 0.5) is 0 Å². The Morgan fingerprint density at radius 2 is 2.11 bits per heavy atom. The van der Waals surface area contributed by atoms with Crippen molar-refractivity contribution < 1.29 is 18.0 Å². The van der Waals surface area contributed by atoms with Gasteiger partial charge in [-0.1, -0.05) is 0 Å². The molecule has 0 aromatic heterocycles. The van der Waals surface area contributed by atoms with E-state index in [1.54, 1.807) is 4.90 Å². The highest BCUT2D eigenvalue weighted by Crippen LogP contribution is 2.20. The molecule has 1 unspecified atom stereocenters. The Hall–Kier alpha value is -1.15. The minimum Gasteiger partial charge on any atom is -0.352 e. The minimum atomic E-state index is -3.54. The lowest BCUT2D eigenvalue weighted by atomic mass is 10.1. The summed E-state index contributed by atoms with van der Waals surface area (Å²) < 4.78 is 22.0. The Bertz CT molecular complexity index is 462. The van der Waals surface area contributed by atoms with Gasteiger partial charge in [0.05, 0.1) is 5.75 Å². The predicted molar refractivity (Wildman–Crippen MR) is 63.8 cm³/mol. The number of likely N-dealkylation sites (tertiary alicyclic amines) is 1. The van der Waals surface area contributed by atoms with E-state index in [0.29, 0.717) is 19.5 Å². The van der Waals surface area contributed by atoms with Gasteiger partial charge in [-0.05, 0) is 6.42 Å². The number of primary sulfonamides is 1. The number of hydrogen-bond donors (Lipinski definition) is 2. The van der Waals surface area contributed by atoms with Crippen molar-refractivity contribution in [1.82, 2.24) is 10.2 Å². The molecule has 0 spiro atoms. The van der Waals surface area contributed by atoms with Gasteiger partial charge in [0.25, 0.3) is 0 Å². The van der Waals surface area contributed by atoms with E-state index in [9.17, 15) is 18.0 Å². The smallest absolute Gasteiger partial charge is 0.223 e. The highest BCUT2D eigenvalue weighted by atomic mass is 32.2. The third-order valence-corrected chi connectivity index (χ3v) is 4.22. The number of carbonyl (C=O) groups is 2. The Morgan fingerprint density at radius 1 is 1.39 bits per heavy atom. The number of hydrogen-bond acceptors (Lipinski definition) is 4. The second-order valence-corrected chi connectivity index (χ2v) is 6.66. The first-order valence-corrected chi connectivity index (χ1v) is 7.62. The number of nitrogens with two attached hydrogens (primary N) is 1. The van der Waals surface area contributed by atoms with E-state index in [2.05, 4.69) is 5.32 Å². The van der Waals surface area contributed by atoms with Crippen molar-refractivity contribution in [3.63, 3.8) is 0 Å². The molecule has 2 saturated heterocycles. The zero-order valence-corrected chi connectivity index (χ0v) is 10.8. The van der Waals surface area contributed by atoms with Gasteiger partial charge in [0.2, 0.25) is 21.8 Å². The average molecular weight is 275 g/mol. The zero-order valence-electron chi connectivity index (χ0n) is 9.96. The molecular formula is C10H17N3O4S. The minimum absolute atomic E-state index is 0.00492. The largest absolute Gasteiger partial charge is 0.352 e. The van der Waals surface area contributed by atoms with Crippen molar-refractivity contribution >= 4 is 21.8 Å². The molecule has 7 nitrogen and oxygen atoms in total. The first-order valence-electron chi connectivity index (χ1n) is 5.91. The number of amides is 2. The van der Waals surface area contributed by atoms with Gasteiger partial charge < -0.3 is 10.2 Å². The highest BCUT2D eigenvalue weighted by molar-refractivity contribution is 7.89. The first kappa shape index (κ1) is 13.3. The summed E-state index contributed by atoms with van der Waals surface area (Å²) in [6, 6.07) is -0.00492. The van der Waals surface area contributed by atoms with Gasteiger partial charge >= 0.3 is 0 Å². The average Bonchev–Trinajstić information content (AvgIpc) is 2.73. The molecule has 0 aromatic carbocycles. The normalized spacial score (nSPS) is 28.8. The van der Waals surface area contributed by atoms with E-state index in [4.69, 9.17) is 5.14 Å². The van der Waals surface area contributed by atoms with E-state index in [-0.39, 0.29) is 35.9 Å². The molecule has 0 aromatic rings. The summed E-state index contributed by atoms with van der Waals surface area (Å²) >= 11 is 0.